The number of esters is 4. The summed E-state index contributed by atoms with van der Waals surface area (Å²) in [5.41, 5.74) is 0. The molecule has 0 heterocycles. The van der Waals surface area contributed by atoms with Crippen molar-refractivity contribution in [3.05, 3.63) is 0 Å². The largest absolute Gasteiger partial charge is 0.479 e. The molecule has 4 atom stereocenters. The summed E-state index contributed by atoms with van der Waals surface area (Å²) in [7, 11) is 0. The van der Waals surface area contributed by atoms with Crippen LogP contribution in [0.15, 0.2) is 0 Å². The summed E-state index contributed by atoms with van der Waals surface area (Å²) < 4.78 is 20.4. The predicted octanol–water partition coefficient (Wildman–Crippen LogP) is 4.64. The summed E-state index contributed by atoms with van der Waals surface area (Å²) in [5, 5.41) is 18.9. The molecule has 0 bridgehead atoms. The first kappa shape index (κ1) is 37.3. The van der Waals surface area contributed by atoms with Gasteiger partial charge < -0.3 is 29.2 Å². The quantitative estimate of drug-likeness (QED) is 0.0937. The number of carboxylic acids is 1. The lowest BCUT2D eigenvalue weighted by Crippen LogP contribution is -2.39. The van der Waals surface area contributed by atoms with E-state index in [0.29, 0.717) is 25.7 Å². The Bertz CT molecular complexity index is 752. The van der Waals surface area contributed by atoms with E-state index in [1.54, 1.807) is 0 Å². The van der Waals surface area contributed by atoms with E-state index in [9.17, 15) is 29.1 Å². The van der Waals surface area contributed by atoms with Gasteiger partial charge in [0.2, 0.25) is 0 Å². The lowest BCUT2D eigenvalue weighted by molar-refractivity contribution is -0.186. The van der Waals surface area contributed by atoms with Crippen molar-refractivity contribution in [2.75, 3.05) is 6.61 Å². The third-order valence-electron chi connectivity index (χ3n) is 6.25. The third-order valence-corrected chi connectivity index (χ3v) is 6.25. The Morgan fingerprint density at radius 3 is 1.60 bits per heavy atom. The monoisotopic (exact) mass is 574 g/mol. The number of hydrogen-bond acceptors (Lipinski definition) is 10. The second kappa shape index (κ2) is 23.1. The molecule has 232 valence electrons. The first-order valence-corrected chi connectivity index (χ1v) is 14.7. The van der Waals surface area contributed by atoms with Crippen LogP contribution in [0.2, 0.25) is 0 Å². The van der Waals surface area contributed by atoms with Crippen LogP contribution in [0.5, 0.6) is 0 Å². The highest BCUT2D eigenvalue weighted by molar-refractivity contribution is 5.86. The summed E-state index contributed by atoms with van der Waals surface area (Å²) in [5.74, 6) is -5.26. The van der Waals surface area contributed by atoms with E-state index in [-0.39, 0.29) is 19.3 Å². The average Bonchev–Trinajstić information content (AvgIpc) is 2.92. The van der Waals surface area contributed by atoms with Gasteiger partial charge in [-0.25, -0.2) is 24.0 Å². The molecule has 0 aromatic carbocycles. The van der Waals surface area contributed by atoms with Crippen LogP contribution >= 0.6 is 0 Å². The van der Waals surface area contributed by atoms with Gasteiger partial charge in [0, 0.05) is 0 Å². The van der Waals surface area contributed by atoms with Crippen molar-refractivity contribution in [3.8, 4) is 0 Å². The number of ether oxygens (including phenoxy) is 4. The molecule has 4 unspecified atom stereocenters. The molecule has 2 N–H and O–H groups in total. The van der Waals surface area contributed by atoms with Crippen molar-refractivity contribution in [3.63, 3.8) is 0 Å². The lowest BCUT2D eigenvalue weighted by atomic mass is 10.1. The van der Waals surface area contributed by atoms with Crippen molar-refractivity contribution in [1.29, 1.82) is 0 Å². The van der Waals surface area contributed by atoms with Crippen LogP contribution in [0.25, 0.3) is 0 Å². The molecular weight excluding hydrogens is 524 g/mol. The van der Waals surface area contributed by atoms with E-state index >= 15 is 0 Å². The highest BCUT2D eigenvalue weighted by Crippen LogP contribution is 2.17. The van der Waals surface area contributed by atoms with E-state index in [1.165, 1.54) is 6.92 Å². The van der Waals surface area contributed by atoms with Crippen molar-refractivity contribution in [1.82, 2.24) is 0 Å². The number of aliphatic hydroxyl groups excluding tert-OH is 1. The highest BCUT2D eigenvalue weighted by Gasteiger charge is 2.33. The number of carbonyl (C=O) groups excluding carboxylic acids is 4. The van der Waals surface area contributed by atoms with Gasteiger partial charge in [0.25, 0.3) is 0 Å². The number of aliphatic hydroxyl groups is 1. The summed E-state index contributed by atoms with van der Waals surface area (Å²) in [6.45, 7) is 6.36. The van der Waals surface area contributed by atoms with E-state index in [1.807, 2.05) is 13.8 Å². The maximum absolute atomic E-state index is 13.1. The van der Waals surface area contributed by atoms with Crippen molar-refractivity contribution >= 4 is 29.8 Å². The minimum atomic E-state index is -1.42. The Hall–Kier alpha value is -2.69. The molecule has 0 radical (unpaired) electrons. The normalized spacial score (nSPS) is 13.9. The van der Waals surface area contributed by atoms with Gasteiger partial charge in [0.05, 0.1) is 0 Å². The topological polar surface area (TPSA) is 163 Å². The van der Waals surface area contributed by atoms with Gasteiger partial charge in [-0.2, -0.15) is 0 Å². The van der Waals surface area contributed by atoms with E-state index in [2.05, 4.69) is 11.7 Å². The van der Waals surface area contributed by atoms with Crippen LogP contribution < -0.4 is 0 Å². The van der Waals surface area contributed by atoms with Crippen molar-refractivity contribution < 1.29 is 53.1 Å². The molecule has 0 aliphatic rings. The van der Waals surface area contributed by atoms with Crippen LogP contribution in [0, 0.1) is 0 Å². The molecule has 0 aromatic rings. The van der Waals surface area contributed by atoms with Gasteiger partial charge in [-0.3, -0.25) is 0 Å². The molecule has 0 aliphatic heterocycles. The highest BCUT2D eigenvalue weighted by atomic mass is 16.6. The van der Waals surface area contributed by atoms with Crippen LogP contribution in [0.4, 0.5) is 0 Å². The second-order valence-corrected chi connectivity index (χ2v) is 10.00. The molecule has 0 aromatic heterocycles. The summed E-state index contributed by atoms with van der Waals surface area (Å²) in [4.78, 5) is 60.8. The molecule has 0 fully saturated rings. The minimum absolute atomic E-state index is 0.106. The SMILES string of the molecule is CCCCCCCCC(O)C(=O)OC(CCCCCC)C(=O)OC(CCCC)C(=O)OC(C)C(=O)OCC(=O)O. The number of carbonyl (C=O) groups is 5. The number of carboxylic acid groups (broad SMARTS) is 1. The Labute approximate surface area is 238 Å². The number of unbranched alkanes of at least 4 members (excludes halogenated alkanes) is 9. The number of aliphatic carboxylic acids is 1. The van der Waals surface area contributed by atoms with Crippen molar-refractivity contribution in [2.24, 2.45) is 0 Å². The molecule has 11 nitrogen and oxygen atoms in total. The Balaban J connectivity index is 5.25. The molecular formula is C29H50O11. The first-order chi connectivity index (χ1) is 19.1. The van der Waals surface area contributed by atoms with Crippen molar-refractivity contribution in [2.45, 2.75) is 148 Å². The fourth-order valence-corrected chi connectivity index (χ4v) is 3.81. The molecule has 0 rings (SSSR count). The molecule has 11 heteroatoms. The summed E-state index contributed by atoms with van der Waals surface area (Å²) in [6.07, 6.45) is 5.42. The third kappa shape index (κ3) is 17.8. The van der Waals surface area contributed by atoms with Gasteiger partial charge >= 0.3 is 29.8 Å². The number of rotatable bonds is 24. The molecule has 40 heavy (non-hydrogen) atoms. The van der Waals surface area contributed by atoms with Gasteiger partial charge in [-0.1, -0.05) is 85.0 Å². The Morgan fingerprint density at radius 2 is 1.02 bits per heavy atom. The van der Waals surface area contributed by atoms with E-state index in [4.69, 9.17) is 19.3 Å². The van der Waals surface area contributed by atoms with Gasteiger partial charge in [0.1, 0.15) is 0 Å². The Morgan fingerprint density at radius 1 is 0.575 bits per heavy atom. The zero-order valence-corrected chi connectivity index (χ0v) is 24.7. The Kier molecular flexibility index (Phi) is 21.5. The summed E-state index contributed by atoms with van der Waals surface area (Å²) in [6, 6.07) is 0. The fraction of sp³-hybridized carbons (Fsp3) is 0.828. The maximum Gasteiger partial charge on any atom is 0.348 e. The zero-order valence-electron chi connectivity index (χ0n) is 24.7. The van der Waals surface area contributed by atoms with Gasteiger partial charge in [0.15, 0.2) is 31.0 Å². The molecule has 0 amide bonds. The summed E-state index contributed by atoms with van der Waals surface area (Å²) >= 11 is 0. The number of hydrogen-bond donors (Lipinski definition) is 2. The van der Waals surface area contributed by atoms with Crippen LogP contribution in [-0.2, 0) is 42.9 Å². The van der Waals surface area contributed by atoms with Crippen LogP contribution in [0.3, 0.4) is 0 Å². The van der Waals surface area contributed by atoms with Gasteiger partial charge in [-0.05, 0) is 39.0 Å². The molecule has 0 saturated carbocycles. The van der Waals surface area contributed by atoms with Crippen LogP contribution in [-0.4, -0.2) is 71.1 Å². The average molecular weight is 575 g/mol. The standard InChI is InChI=1S/C29H50O11/c1-5-8-11-13-14-15-17-22(30)27(34)39-24(19-16-12-9-6-2)29(36)40-23(18-10-7-3)28(35)38-21(4)26(33)37-20-25(31)32/h21-24,30H,5-20H2,1-4H3,(H,31,32). The fourth-order valence-electron chi connectivity index (χ4n) is 3.81. The first-order valence-electron chi connectivity index (χ1n) is 14.7. The maximum atomic E-state index is 13.1. The van der Waals surface area contributed by atoms with E-state index < -0.39 is 60.9 Å². The zero-order chi connectivity index (χ0) is 30.3. The predicted molar refractivity (Wildman–Crippen MR) is 146 cm³/mol. The van der Waals surface area contributed by atoms with Crippen LogP contribution in [0.1, 0.15) is 124 Å². The molecule has 0 spiro atoms. The molecule has 0 aliphatic carbocycles. The lowest BCUT2D eigenvalue weighted by Gasteiger charge is -2.23. The molecule has 0 saturated heterocycles. The van der Waals surface area contributed by atoms with E-state index in [0.717, 1.165) is 51.4 Å². The van der Waals surface area contributed by atoms with Gasteiger partial charge in [-0.15, -0.1) is 0 Å². The minimum Gasteiger partial charge on any atom is -0.479 e. The smallest absolute Gasteiger partial charge is 0.348 e. The second-order valence-electron chi connectivity index (χ2n) is 10.00.